The molecule has 0 bridgehead atoms. The lowest BCUT2D eigenvalue weighted by Crippen LogP contribution is -2.43. The molecule has 0 radical (unpaired) electrons. The Hall–Kier alpha value is -3.27. The van der Waals surface area contributed by atoms with Gasteiger partial charge in [0.1, 0.15) is 40.0 Å². The number of hydrogen-bond acceptors (Lipinski definition) is 9. The average molecular weight is 476 g/mol. The molecule has 1 aliphatic heterocycles. The number of phenolic OH excluding ortho intramolecular Hbond substituents is 2. The lowest BCUT2D eigenvalue weighted by molar-refractivity contribution is -0.139. The molecule has 9 nitrogen and oxygen atoms in total. The van der Waals surface area contributed by atoms with Crippen LogP contribution in [0.2, 0.25) is 0 Å². The quantitative estimate of drug-likeness (QED) is 0.263. The molecule has 4 N–H and O–H groups in total. The van der Waals surface area contributed by atoms with Crippen molar-refractivity contribution < 1.29 is 39.2 Å². The van der Waals surface area contributed by atoms with Crippen LogP contribution in [0.15, 0.2) is 23.1 Å². The maximum atomic E-state index is 13.7. The topological polar surface area (TPSA) is 150 Å². The Morgan fingerprint density at radius 1 is 1.21 bits per heavy atom. The highest BCUT2D eigenvalue weighted by Crippen LogP contribution is 2.57. The number of carbonyl (C=O) groups excluding carboxylic acids is 3. The van der Waals surface area contributed by atoms with E-state index in [1.165, 1.54) is 39.5 Å². The van der Waals surface area contributed by atoms with Crippen LogP contribution < -0.4 is 10.1 Å². The minimum absolute atomic E-state index is 0.00175. The molecule has 0 unspecified atom stereocenters. The molecule has 176 valence electrons. The number of thioether (sulfide) groups is 1. The number of benzene rings is 1. The molecule has 2 aliphatic rings. The number of hydrogen-bond donors (Lipinski definition) is 4. The third kappa shape index (κ3) is 3.68. The Balaban J connectivity index is 2.19. The number of aliphatic carboxylic acids is 1. The molecule has 0 amide bonds. The lowest BCUT2D eigenvalue weighted by Gasteiger charge is -2.29. The second-order valence-electron chi connectivity index (χ2n) is 8.20. The molecule has 0 fully saturated rings. The first-order valence-corrected chi connectivity index (χ1v) is 11.5. The van der Waals surface area contributed by atoms with Crippen molar-refractivity contribution in [2.45, 2.75) is 45.6 Å². The smallest absolute Gasteiger partial charge is 0.326 e. The molecule has 3 rings (SSSR count). The first kappa shape index (κ1) is 24.4. The zero-order chi connectivity index (χ0) is 24.8. The maximum absolute atomic E-state index is 13.7. The van der Waals surface area contributed by atoms with Gasteiger partial charge in [0.25, 0.3) is 0 Å². The van der Waals surface area contributed by atoms with Crippen molar-refractivity contribution >= 4 is 35.1 Å². The van der Waals surface area contributed by atoms with Crippen LogP contribution in [0, 0.1) is 6.92 Å². The predicted molar refractivity (Wildman–Crippen MR) is 121 cm³/mol. The number of rotatable bonds is 7. The van der Waals surface area contributed by atoms with E-state index in [4.69, 9.17) is 4.74 Å². The molecule has 1 aromatic carbocycles. The van der Waals surface area contributed by atoms with Crippen molar-refractivity contribution in [3.63, 3.8) is 0 Å². The number of allylic oxidation sites excluding steroid dienone is 4. The molecule has 1 aromatic rings. The van der Waals surface area contributed by atoms with Crippen molar-refractivity contribution in [1.82, 2.24) is 5.32 Å². The second-order valence-corrected chi connectivity index (χ2v) is 9.19. The fraction of sp³-hybridized carbons (Fsp3) is 0.391. The number of ether oxygens (including phenoxy) is 1. The van der Waals surface area contributed by atoms with E-state index in [0.717, 1.165) is 6.08 Å². The Bertz CT molecular complexity index is 1170. The third-order valence-corrected chi connectivity index (χ3v) is 6.70. The largest absolute Gasteiger partial charge is 0.507 e. The number of carbonyl (C=O) groups is 4. The van der Waals surface area contributed by atoms with Crippen LogP contribution >= 0.6 is 11.8 Å². The molecule has 2 atom stereocenters. The Morgan fingerprint density at radius 3 is 2.39 bits per heavy atom. The summed E-state index contributed by atoms with van der Waals surface area (Å²) in [7, 11) is 0. The van der Waals surface area contributed by atoms with Gasteiger partial charge >= 0.3 is 5.97 Å². The minimum Gasteiger partial charge on any atom is -0.507 e. The van der Waals surface area contributed by atoms with E-state index in [-0.39, 0.29) is 45.9 Å². The number of ketones is 3. The van der Waals surface area contributed by atoms with Crippen LogP contribution in [0.3, 0.4) is 0 Å². The van der Waals surface area contributed by atoms with Crippen molar-refractivity contribution in [2.24, 2.45) is 0 Å². The molecule has 33 heavy (non-hydrogen) atoms. The van der Waals surface area contributed by atoms with E-state index in [0.29, 0.717) is 5.75 Å². The van der Waals surface area contributed by atoms with Crippen molar-refractivity contribution in [2.75, 3.05) is 12.0 Å². The summed E-state index contributed by atoms with van der Waals surface area (Å²) in [4.78, 5) is 50.4. The Kier molecular flexibility index (Phi) is 6.34. The number of carboxylic acids is 1. The second kappa shape index (κ2) is 8.58. The van der Waals surface area contributed by atoms with E-state index in [1.54, 1.807) is 0 Å². The van der Waals surface area contributed by atoms with E-state index < -0.39 is 46.3 Å². The van der Waals surface area contributed by atoms with Crippen LogP contribution in [-0.2, 0) is 19.8 Å². The molecule has 0 aromatic heterocycles. The minimum atomic E-state index is -1.65. The van der Waals surface area contributed by atoms with Gasteiger partial charge in [0.2, 0.25) is 0 Å². The SMILES string of the molecule is CSCC[C@H](N/C(C)=C1\C(=O)C=C2Oc3c(C(C)=O)c(O)c(C)c(O)c3[C@@]2(C)C1=O)C(=O)O. The Morgan fingerprint density at radius 2 is 1.85 bits per heavy atom. The van der Waals surface area contributed by atoms with Gasteiger partial charge in [-0.05, 0) is 46.1 Å². The van der Waals surface area contributed by atoms with Gasteiger partial charge in [0, 0.05) is 17.3 Å². The first-order valence-electron chi connectivity index (χ1n) is 10.2. The molecule has 0 saturated carbocycles. The monoisotopic (exact) mass is 475 g/mol. The zero-order valence-electron chi connectivity index (χ0n) is 18.9. The van der Waals surface area contributed by atoms with Crippen LogP contribution in [0.25, 0.3) is 0 Å². The van der Waals surface area contributed by atoms with Gasteiger partial charge in [-0.3, -0.25) is 14.4 Å². The summed E-state index contributed by atoms with van der Waals surface area (Å²) < 4.78 is 5.70. The molecule has 0 saturated heterocycles. The number of carboxylic acid groups (broad SMARTS) is 1. The summed E-state index contributed by atoms with van der Waals surface area (Å²) in [5, 5.41) is 33.5. The fourth-order valence-electron chi connectivity index (χ4n) is 4.19. The lowest BCUT2D eigenvalue weighted by atomic mass is 9.70. The molecule has 1 heterocycles. The van der Waals surface area contributed by atoms with Gasteiger partial charge in [0.15, 0.2) is 17.3 Å². The number of phenols is 2. The Labute approximate surface area is 194 Å². The van der Waals surface area contributed by atoms with E-state index in [1.807, 2.05) is 6.26 Å². The number of Topliss-reactive ketones (excluding diaryl/α,β-unsaturated/α-hetero) is 2. The average Bonchev–Trinajstić information content (AvgIpc) is 3.02. The summed E-state index contributed by atoms with van der Waals surface area (Å²) in [5.74, 6) is -3.64. The van der Waals surface area contributed by atoms with Gasteiger partial charge in [-0.25, -0.2) is 4.79 Å². The highest BCUT2D eigenvalue weighted by molar-refractivity contribution is 7.98. The van der Waals surface area contributed by atoms with Crippen LogP contribution in [0.1, 0.15) is 48.7 Å². The van der Waals surface area contributed by atoms with Gasteiger partial charge in [0.05, 0.1) is 11.1 Å². The highest BCUT2D eigenvalue weighted by Gasteiger charge is 2.56. The van der Waals surface area contributed by atoms with Crippen molar-refractivity contribution in [3.05, 3.63) is 39.8 Å². The predicted octanol–water partition coefficient (Wildman–Crippen LogP) is 2.36. The van der Waals surface area contributed by atoms with Gasteiger partial charge in [-0.2, -0.15) is 11.8 Å². The maximum Gasteiger partial charge on any atom is 0.326 e. The summed E-state index contributed by atoms with van der Waals surface area (Å²) in [5.41, 5.74) is -2.03. The van der Waals surface area contributed by atoms with Gasteiger partial charge in [-0.1, -0.05) is 0 Å². The standard InChI is InChI=1S/C23H25NO8S/c1-9-18(27)16(11(3)25)20-17(19(9)28)23(4)14(32-20)8-13(26)15(21(23)29)10(2)24-12(22(30)31)6-7-33-5/h8,12,24,27-28H,6-7H2,1-5H3,(H,30,31)/b15-10+/t12-,23-/m0/s1. The van der Waals surface area contributed by atoms with Crippen LogP contribution in [0.5, 0.6) is 17.2 Å². The zero-order valence-corrected chi connectivity index (χ0v) is 19.7. The molecule has 1 aliphatic carbocycles. The van der Waals surface area contributed by atoms with Crippen molar-refractivity contribution in [3.8, 4) is 17.2 Å². The van der Waals surface area contributed by atoms with E-state index in [9.17, 15) is 34.5 Å². The third-order valence-electron chi connectivity index (χ3n) is 6.06. The number of nitrogens with one attached hydrogen (secondary N) is 1. The highest BCUT2D eigenvalue weighted by atomic mass is 32.2. The number of aromatic hydroxyl groups is 2. The molecular weight excluding hydrogens is 450 g/mol. The number of fused-ring (bicyclic) bond motifs is 3. The fourth-order valence-corrected chi connectivity index (χ4v) is 4.66. The van der Waals surface area contributed by atoms with Crippen LogP contribution in [-0.4, -0.2) is 56.7 Å². The summed E-state index contributed by atoms with van der Waals surface area (Å²) in [6.45, 7) is 5.51. The summed E-state index contributed by atoms with van der Waals surface area (Å²) in [6.07, 6.45) is 3.20. The first-order chi connectivity index (χ1) is 15.4. The normalized spacial score (nSPS) is 21.5. The summed E-state index contributed by atoms with van der Waals surface area (Å²) >= 11 is 1.47. The van der Waals surface area contributed by atoms with Crippen molar-refractivity contribution in [1.29, 1.82) is 0 Å². The van der Waals surface area contributed by atoms with Crippen LogP contribution in [0.4, 0.5) is 0 Å². The molecular formula is C23H25NO8S. The van der Waals surface area contributed by atoms with Gasteiger partial charge in [-0.15, -0.1) is 0 Å². The summed E-state index contributed by atoms with van der Waals surface area (Å²) in [6, 6.07) is -1.01. The molecule has 0 spiro atoms. The van der Waals surface area contributed by atoms with E-state index >= 15 is 0 Å². The molecule has 10 heteroatoms. The van der Waals surface area contributed by atoms with Gasteiger partial charge < -0.3 is 25.4 Å². The van der Waals surface area contributed by atoms with E-state index in [2.05, 4.69) is 5.32 Å².